The number of hydrogen-bond acceptors (Lipinski definition) is 3. The lowest BCUT2D eigenvalue weighted by atomic mass is 10.2. The quantitative estimate of drug-likeness (QED) is 0.280. The van der Waals surface area contributed by atoms with Crippen molar-refractivity contribution < 1.29 is 13.5 Å². The van der Waals surface area contributed by atoms with Gasteiger partial charge in [0.05, 0.1) is 0 Å². The van der Waals surface area contributed by atoms with Gasteiger partial charge in [-0.1, -0.05) is 11.6 Å². The van der Waals surface area contributed by atoms with Gasteiger partial charge in [-0.3, -0.25) is 4.99 Å². The van der Waals surface area contributed by atoms with E-state index in [1.807, 2.05) is 6.26 Å². The molecule has 0 aromatic heterocycles. The number of rotatable bonds is 7. The molecular formula is C13H19ClF2IN3OS. The molecule has 0 saturated heterocycles. The average Bonchev–Trinajstić information content (AvgIpc) is 2.44. The van der Waals surface area contributed by atoms with Crippen LogP contribution in [0.5, 0.6) is 5.75 Å². The van der Waals surface area contributed by atoms with Crippen LogP contribution in [0, 0.1) is 0 Å². The number of aliphatic imine (C=N–C) groups is 1. The summed E-state index contributed by atoms with van der Waals surface area (Å²) in [6.45, 7) is -1.83. The standard InChI is InChI=1S/C13H18ClF2N3OS.HI/c1-17-13(18-5-6-21-2)19-8-9-7-10(14)3-4-11(9)20-12(15)16;/h3-4,7,12H,5-6,8H2,1-2H3,(H2,17,18,19);1H. The fourth-order valence-corrected chi connectivity index (χ4v) is 2.07. The highest BCUT2D eigenvalue weighted by Crippen LogP contribution is 2.24. The van der Waals surface area contributed by atoms with E-state index < -0.39 is 6.61 Å². The van der Waals surface area contributed by atoms with Crippen LogP contribution in [0.2, 0.25) is 5.02 Å². The Hall–Kier alpha value is -0.480. The molecule has 0 bridgehead atoms. The number of guanidine groups is 1. The molecule has 4 nitrogen and oxygen atoms in total. The van der Waals surface area contributed by atoms with Crippen molar-refractivity contribution in [3.05, 3.63) is 28.8 Å². The summed E-state index contributed by atoms with van der Waals surface area (Å²) in [4.78, 5) is 4.05. The van der Waals surface area contributed by atoms with Gasteiger partial charge >= 0.3 is 6.61 Å². The summed E-state index contributed by atoms with van der Waals surface area (Å²) in [5.74, 6) is 1.63. The van der Waals surface area contributed by atoms with Crippen LogP contribution in [0.4, 0.5) is 8.78 Å². The molecular weight excluding hydrogens is 447 g/mol. The molecule has 22 heavy (non-hydrogen) atoms. The molecule has 0 atom stereocenters. The lowest BCUT2D eigenvalue weighted by Gasteiger charge is -2.14. The number of nitrogens with zero attached hydrogens (tertiary/aromatic N) is 1. The van der Waals surface area contributed by atoms with E-state index >= 15 is 0 Å². The maximum Gasteiger partial charge on any atom is 0.387 e. The Bertz CT molecular complexity index is 481. The molecule has 0 aliphatic heterocycles. The van der Waals surface area contributed by atoms with E-state index in [4.69, 9.17) is 11.6 Å². The molecule has 2 N–H and O–H groups in total. The van der Waals surface area contributed by atoms with E-state index in [1.165, 1.54) is 12.1 Å². The number of halogens is 4. The van der Waals surface area contributed by atoms with Crippen LogP contribution in [-0.4, -0.2) is 38.2 Å². The molecule has 126 valence electrons. The van der Waals surface area contributed by atoms with Crippen LogP contribution >= 0.6 is 47.3 Å². The fourth-order valence-electron chi connectivity index (χ4n) is 1.57. The highest BCUT2D eigenvalue weighted by Gasteiger charge is 2.10. The van der Waals surface area contributed by atoms with Gasteiger partial charge in [-0.15, -0.1) is 24.0 Å². The second-order valence-electron chi connectivity index (χ2n) is 3.98. The van der Waals surface area contributed by atoms with Gasteiger partial charge in [-0.2, -0.15) is 20.5 Å². The minimum atomic E-state index is -2.87. The van der Waals surface area contributed by atoms with Gasteiger partial charge in [0, 0.05) is 36.5 Å². The summed E-state index contributed by atoms with van der Waals surface area (Å²) in [5, 5.41) is 6.60. The predicted octanol–water partition coefficient (Wildman–Crippen LogP) is 3.59. The number of hydrogen-bond donors (Lipinski definition) is 2. The van der Waals surface area contributed by atoms with E-state index in [0.717, 1.165) is 12.3 Å². The third kappa shape index (κ3) is 8.23. The Morgan fingerprint density at radius 1 is 1.41 bits per heavy atom. The molecule has 0 amide bonds. The third-order valence-electron chi connectivity index (χ3n) is 2.51. The zero-order valence-electron chi connectivity index (χ0n) is 12.2. The molecule has 0 unspecified atom stereocenters. The van der Waals surface area contributed by atoms with E-state index in [2.05, 4.69) is 20.4 Å². The zero-order chi connectivity index (χ0) is 15.7. The predicted molar refractivity (Wildman–Crippen MR) is 100 cm³/mol. The molecule has 9 heteroatoms. The lowest BCUT2D eigenvalue weighted by molar-refractivity contribution is -0.0504. The normalized spacial score (nSPS) is 11.1. The minimum Gasteiger partial charge on any atom is -0.434 e. The summed E-state index contributed by atoms with van der Waals surface area (Å²) in [5.41, 5.74) is 0.538. The smallest absolute Gasteiger partial charge is 0.387 e. The lowest BCUT2D eigenvalue weighted by Crippen LogP contribution is -2.38. The molecule has 0 spiro atoms. The Kier molecular flexibility index (Phi) is 11.7. The first-order valence-electron chi connectivity index (χ1n) is 6.23. The van der Waals surface area contributed by atoms with E-state index in [9.17, 15) is 8.78 Å². The van der Waals surface area contributed by atoms with Crippen molar-refractivity contribution in [2.45, 2.75) is 13.2 Å². The second-order valence-corrected chi connectivity index (χ2v) is 5.40. The number of thioether (sulfide) groups is 1. The Balaban J connectivity index is 0.00000441. The van der Waals surface area contributed by atoms with Gasteiger partial charge in [-0.05, 0) is 24.5 Å². The average molecular weight is 466 g/mol. The van der Waals surface area contributed by atoms with Gasteiger partial charge in [0.15, 0.2) is 5.96 Å². The van der Waals surface area contributed by atoms with Gasteiger partial charge < -0.3 is 15.4 Å². The first-order chi connectivity index (χ1) is 10.1. The van der Waals surface area contributed by atoms with Crippen molar-refractivity contribution in [2.75, 3.05) is 25.6 Å². The maximum atomic E-state index is 12.4. The van der Waals surface area contributed by atoms with Crippen molar-refractivity contribution in [1.29, 1.82) is 0 Å². The monoisotopic (exact) mass is 465 g/mol. The fraction of sp³-hybridized carbons (Fsp3) is 0.462. The molecule has 0 heterocycles. The summed E-state index contributed by atoms with van der Waals surface area (Å²) < 4.78 is 29.2. The molecule has 1 rings (SSSR count). The van der Waals surface area contributed by atoms with Gasteiger partial charge in [0.1, 0.15) is 5.75 Å². The topological polar surface area (TPSA) is 45.7 Å². The van der Waals surface area contributed by atoms with Crippen molar-refractivity contribution >= 4 is 53.3 Å². The van der Waals surface area contributed by atoms with E-state index in [1.54, 1.807) is 24.9 Å². The number of alkyl halides is 2. The second kappa shape index (κ2) is 12.0. The summed E-state index contributed by atoms with van der Waals surface area (Å²) in [6.07, 6.45) is 2.01. The maximum absolute atomic E-state index is 12.4. The Morgan fingerprint density at radius 3 is 2.73 bits per heavy atom. The molecule has 1 aromatic carbocycles. The number of ether oxygens (including phenoxy) is 1. The molecule has 0 saturated carbocycles. The molecule has 0 fully saturated rings. The first kappa shape index (κ1) is 21.5. The van der Waals surface area contributed by atoms with Crippen LogP contribution < -0.4 is 15.4 Å². The van der Waals surface area contributed by atoms with Crippen LogP contribution in [0.25, 0.3) is 0 Å². The molecule has 0 radical (unpaired) electrons. The summed E-state index contributed by atoms with van der Waals surface area (Å²) >= 11 is 7.60. The van der Waals surface area contributed by atoms with Crippen LogP contribution in [-0.2, 0) is 6.54 Å². The number of benzene rings is 1. The van der Waals surface area contributed by atoms with Crippen LogP contribution in [0.1, 0.15) is 5.56 Å². The largest absolute Gasteiger partial charge is 0.434 e. The van der Waals surface area contributed by atoms with Crippen molar-refractivity contribution in [2.24, 2.45) is 4.99 Å². The van der Waals surface area contributed by atoms with Crippen molar-refractivity contribution in [3.8, 4) is 5.75 Å². The molecule has 0 aliphatic carbocycles. The van der Waals surface area contributed by atoms with E-state index in [-0.39, 0.29) is 36.3 Å². The van der Waals surface area contributed by atoms with Crippen LogP contribution in [0.3, 0.4) is 0 Å². The van der Waals surface area contributed by atoms with Crippen molar-refractivity contribution in [3.63, 3.8) is 0 Å². The zero-order valence-corrected chi connectivity index (χ0v) is 16.1. The highest BCUT2D eigenvalue weighted by molar-refractivity contribution is 14.0. The Labute approximate surface area is 155 Å². The highest BCUT2D eigenvalue weighted by atomic mass is 127. The Morgan fingerprint density at radius 2 is 2.14 bits per heavy atom. The SMILES string of the molecule is CN=C(NCCSC)NCc1cc(Cl)ccc1OC(F)F.I. The first-order valence-corrected chi connectivity index (χ1v) is 8.00. The van der Waals surface area contributed by atoms with E-state index in [0.29, 0.717) is 16.5 Å². The van der Waals surface area contributed by atoms with Crippen LogP contribution in [0.15, 0.2) is 23.2 Å². The molecule has 0 aliphatic rings. The summed E-state index contributed by atoms with van der Waals surface area (Å²) in [7, 11) is 1.64. The van der Waals surface area contributed by atoms with Gasteiger partial charge in [0.2, 0.25) is 0 Å². The molecule has 1 aromatic rings. The summed E-state index contributed by atoms with van der Waals surface area (Å²) in [6, 6.07) is 4.52. The third-order valence-corrected chi connectivity index (χ3v) is 3.35. The van der Waals surface area contributed by atoms with Crippen molar-refractivity contribution in [1.82, 2.24) is 10.6 Å². The minimum absolute atomic E-state index is 0. The van der Waals surface area contributed by atoms with Gasteiger partial charge in [-0.25, -0.2) is 0 Å². The van der Waals surface area contributed by atoms with Gasteiger partial charge in [0.25, 0.3) is 0 Å². The number of nitrogens with one attached hydrogen (secondary N) is 2.